The average molecular weight is 406 g/mol. The molecule has 2 heterocycles. The number of phenolic OH excluding ortho intramolecular Hbond substituents is 1. The lowest BCUT2D eigenvalue weighted by molar-refractivity contribution is 0.0695. The number of carboxylic acid groups (broad SMARTS) is 1. The summed E-state index contributed by atoms with van der Waals surface area (Å²) in [6, 6.07) is 1.40. The second-order valence-electron chi connectivity index (χ2n) is 8.18. The number of carboxylic acids is 1. The maximum absolute atomic E-state index is 12.7. The number of rotatable bonds is 3. The van der Waals surface area contributed by atoms with Crippen LogP contribution < -0.4 is 16.1 Å². The maximum atomic E-state index is 12.7. The van der Waals surface area contributed by atoms with E-state index in [4.69, 9.17) is 17.3 Å². The lowest BCUT2D eigenvalue weighted by Crippen LogP contribution is -2.51. The lowest BCUT2D eigenvalue weighted by atomic mass is 9.85. The van der Waals surface area contributed by atoms with Crippen molar-refractivity contribution in [2.45, 2.75) is 38.8 Å². The Balaban J connectivity index is 1.95. The molecular formula is C20H24ClN3O4. The first-order chi connectivity index (χ1) is 13.2. The van der Waals surface area contributed by atoms with Crippen LogP contribution >= 0.6 is 11.6 Å². The van der Waals surface area contributed by atoms with Crippen molar-refractivity contribution < 1.29 is 15.0 Å². The van der Waals surface area contributed by atoms with Crippen molar-refractivity contribution >= 4 is 34.2 Å². The molecule has 8 heteroatoms. The number of phenols is 1. The summed E-state index contributed by atoms with van der Waals surface area (Å²) in [5.74, 6) is -0.755. The van der Waals surface area contributed by atoms with E-state index in [2.05, 4.69) is 13.8 Å². The molecule has 3 atom stereocenters. The third-order valence-electron chi connectivity index (χ3n) is 6.21. The van der Waals surface area contributed by atoms with E-state index in [1.807, 2.05) is 4.90 Å². The van der Waals surface area contributed by atoms with Crippen LogP contribution in [0.15, 0.2) is 17.1 Å². The quantitative estimate of drug-likeness (QED) is 0.724. The molecule has 4 rings (SSSR count). The van der Waals surface area contributed by atoms with Gasteiger partial charge in [0.1, 0.15) is 17.0 Å². The van der Waals surface area contributed by atoms with Crippen LogP contribution in [0.2, 0.25) is 5.02 Å². The van der Waals surface area contributed by atoms with Crippen LogP contribution in [0.25, 0.3) is 10.9 Å². The predicted octanol–water partition coefficient (Wildman–Crippen LogP) is 2.81. The zero-order valence-electron chi connectivity index (χ0n) is 15.9. The van der Waals surface area contributed by atoms with Gasteiger partial charge in [-0.05, 0) is 30.7 Å². The second kappa shape index (κ2) is 6.67. The molecule has 1 aliphatic carbocycles. The molecule has 2 aliphatic rings. The minimum atomic E-state index is -1.29. The summed E-state index contributed by atoms with van der Waals surface area (Å²) in [6.45, 7) is 5.47. The van der Waals surface area contributed by atoms with Gasteiger partial charge in [-0.1, -0.05) is 25.4 Å². The summed E-state index contributed by atoms with van der Waals surface area (Å²) in [6.07, 6.45) is 3.17. The van der Waals surface area contributed by atoms with Gasteiger partial charge < -0.3 is 25.4 Å². The molecule has 1 aromatic heterocycles. The molecule has 0 radical (unpaired) electrons. The summed E-state index contributed by atoms with van der Waals surface area (Å²) in [7, 11) is 0. The summed E-state index contributed by atoms with van der Waals surface area (Å²) in [4.78, 5) is 26.2. The number of hydrogen-bond donors (Lipinski definition) is 3. The van der Waals surface area contributed by atoms with E-state index in [-0.39, 0.29) is 33.8 Å². The molecule has 0 spiro atoms. The number of nitrogens with zero attached hydrogens (tertiary/aromatic N) is 2. The molecule has 150 valence electrons. The highest BCUT2D eigenvalue weighted by atomic mass is 35.5. The fourth-order valence-corrected chi connectivity index (χ4v) is 4.57. The van der Waals surface area contributed by atoms with Crippen LogP contribution in [0.5, 0.6) is 5.75 Å². The summed E-state index contributed by atoms with van der Waals surface area (Å²) >= 11 is 6.74. The normalized spacial score (nSPS) is 25.3. The number of aromatic hydroxyl groups is 1. The Labute approximate surface area is 167 Å². The molecule has 7 nitrogen and oxygen atoms in total. The Hall–Kier alpha value is -2.25. The van der Waals surface area contributed by atoms with E-state index in [0.717, 1.165) is 12.8 Å². The minimum Gasteiger partial charge on any atom is -0.506 e. The van der Waals surface area contributed by atoms with Gasteiger partial charge in [0.15, 0.2) is 0 Å². The van der Waals surface area contributed by atoms with E-state index in [1.165, 1.54) is 12.3 Å². The average Bonchev–Trinajstić information content (AvgIpc) is 3.45. The smallest absolute Gasteiger partial charge is 0.341 e. The van der Waals surface area contributed by atoms with Gasteiger partial charge >= 0.3 is 5.97 Å². The SMILES string of the molecule is C[C@@H]1[C@H](N)CN(c2c(O)cc3c(=O)c(C(=O)O)cn(C4CC4)c3c2Cl)C[C@@H]1C. The van der Waals surface area contributed by atoms with Crippen LogP contribution in [0.4, 0.5) is 5.69 Å². The Kier molecular flexibility index (Phi) is 4.55. The number of hydrogen-bond acceptors (Lipinski definition) is 5. The van der Waals surface area contributed by atoms with Crippen molar-refractivity contribution in [2.24, 2.45) is 17.6 Å². The van der Waals surface area contributed by atoms with E-state index in [0.29, 0.717) is 36.1 Å². The molecule has 4 N–H and O–H groups in total. The maximum Gasteiger partial charge on any atom is 0.341 e. The van der Waals surface area contributed by atoms with Crippen molar-refractivity contribution in [3.05, 3.63) is 33.1 Å². The number of anilines is 1. The van der Waals surface area contributed by atoms with Crippen molar-refractivity contribution in [1.82, 2.24) is 4.57 Å². The molecular weight excluding hydrogens is 382 g/mol. The van der Waals surface area contributed by atoms with Crippen LogP contribution in [0.1, 0.15) is 43.1 Å². The fraction of sp³-hybridized carbons (Fsp3) is 0.500. The molecule has 0 bridgehead atoms. The van der Waals surface area contributed by atoms with Crippen molar-refractivity contribution in [1.29, 1.82) is 0 Å². The monoisotopic (exact) mass is 405 g/mol. The third-order valence-corrected chi connectivity index (χ3v) is 6.57. The van der Waals surface area contributed by atoms with E-state index in [9.17, 15) is 19.8 Å². The van der Waals surface area contributed by atoms with E-state index < -0.39 is 11.4 Å². The Morgan fingerprint density at radius 2 is 1.96 bits per heavy atom. The summed E-state index contributed by atoms with van der Waals surface area (Å²) in [5, 5.41) is 20.5. The molecule has 2 aromatic rings. The standard InChI is InChI=1S/C20H24ClN3O4/c1-9-6-23(8-14(22)10(9)2)18-15(25)5-12-17(16(18)21)24(11-3-4-11)7-13(19(12)26)20(27)28/h5,7,9-11,14,25H,3-4,6,8,22H2,1-2H3,(H,27,28)/t9-,10-,14+/m0/s1. The zero-order valence-corrected chi connectivity index (χ0v) is 16.6. The molecule has 1 aliphatic heterocycles. The van der Waals surface area contributed by atoms with Gasteiger partial charge in [0.25, 0.3) is 0 Å². The number of aromatic carboxylic acids is 1. The number of nitrogens with two attached hydrogens (primary N) is 1. The summed E-state index contributed by atoms with van der Waals surface area (Å²) in [5.41, 5.74) is 6.27. The topological polar surface area (TPSA) is 109 Å². The van der Waals surface area contributed by atoms with E-state index >= 15 is 0 Å². The molecule has 1 saturated carbocycles. The minimum absolute atomic E-state index is 0.0603. The van der Waals surface area contributed by atoms with Gasteiger partial charge in [-0.3, -0.25) is 4.79 Å². The Morgan fingerprint density at radius 1 is 1.29 bits per heavy atom. The number of benzene rings is 1. The van der Waals surface area contributed by atoms with Gasteiger partial charge in [-0.15, -0.1) is 0 Å². The molecule has 0 amide bonds. The number of halogens is 1. The first kappa shape index (κ1) is 19.1. The number of carbonyl (C=O) groups is 1. The first-order valence-electron chi connectivity index (χ1n) is 9.54. The van der Waals surface area contributed by atoms with Gasteiger partial charge in [0, 0.05) is 31.4 Å². The van der Waals surface area contributed by atoms with Gasteiger partial charge in [0.2, 0.25) is 5.43 Å². The summed E-state index contributed by atoms with van der Waals surface area (Å²) < 4.78 is 1.78. The van der Waals surface area contributed by atoms with Gasteiger partial charge in [-0.2, -0.15) is 0 Å². The molecule has 0 unspecified atom stereocenters. The Morgan fingerprint density at radius 3 is 2.54 bits per heavy atom. The number of fused-ring (bicyclic) bond motifs is 1. The first-order valence-corrected chi connectivity index (χ1v) is 9.92. The van der Waals surface area contributed by atoms with Gasteiger partial charge in [0.05, 0.1) is 15.9 Å². The van der Waals surface area contributed by atoms with Crippen LogP contribution in [0, 0.1) is 11.8 Å². The van der Waals surface area contributed by atoms with Crippen molar-refractivity contribution in [3.8, 4) is 5.75 Å². The van der Waals surface area contributed by atoms with Gasteiger partial charge in [-0.25, -0.2) is 4.79 Å². The van der Waals surface area contributed by atoms with Crippen molar-refractivity contribution in [3.63, 3.8) is 0 Å². The highest BCUT2D eigenvalue weighted by Crippen LogP contribution is 2.45. The molecule has 1 aromatic carbocycles. The Bertz CT molecular complexity index is 1020. The van der Waals surface area contributed by atoms with Crippen LogP contribution in [-0.4, -0.2) is 39.9 Å². The van der Waals surface area contributed by atoms with Crippen molar-refractivity contribution in [2.75, 3.05) is 18.0 Å². The number of piperidine rings is 1. The predicted molar refractivity (Wildman–Crippen MR) is 109 cm³/mol. The second-order valence-corrected chi connectivity index (χ2v) is 8.55. The van der Waals surface area contributed by atoms with Crippen LogP contribution in [-0.2, 0) is 0 Å². The lowest BCUT2D eigenvalue weighted by Gasteiger charge is -2.41. The molecule has 28 heavy (non-hydrogen) atoms. The molecule has 1 saturated heterocycles. The van der Waals surface area contributed by atoms with Crippen LogP contribution in [0.3, 0.4) is 0 Å². The largest absolute Gasteiger partial charge is 0.506 e. The third kappa shape index (κ3) is 2.93. The highest BCUT2D eigenvalue weighted by Gasteiger charge is 2.34. The molecule has 2 fully saturated rings. The van der Waals surface area contributed by atoms with E-state index in [1.54, 1.807) is 4.57 Å². The zero-order chi connectivity index (χ0) is 20.3. The fourth-order valence-electron chi connectivity index (χ4n) is 4.16. The number of pyridine rings is 1. The number of aromatic nitrogens is 1. The highest BCUT2D eigenvalue weighted by molar-refractivity contribution is 6.38.